The monoisotopic (exact) mass is 463 g/mol. The molecule has 1 amide bonds. The second kappa shape index (κ2) is 8.66. The Morgan fingerprint density at radius 2 is 2.17 bits per heavy atom. The zero-order valence-corrected chi connectivity index (χ0v) is 18.6. The second-order valence-electron chi connectivity index (χ2n) is 6.39. The fourth-order valence-electron chi connectivity index (χ4n) is 3.11. The van der Waals surface area contributed by atoms with Crippen LogP contribution in [0.1, 0.15) is 13.3 Å². The van der Waals surface area contributed by atoms with Gasteiger partial charge in [-0.25, -0.2) is 0 Å². The average Bonchev–Trinajstić information content (AvgIpc) is 3.37. The van der Waals surface area contributed by atoms with E-state index in [0.29, 0.717) is 38.6 Å². The van der Waals surface area contributed by atoms with Crippen LogP contribution in [0.2, 0.25) is 5.02 Å². The molecule has 1 aromatic carbocycles. The molecule has 8 nitrogen and oxygen atoms in total. The van der Waals surface area contributed by atoms with E-state index in [9.17, 15) is 9.59 Å². The summed E-state index contributed by atoms with van der Waals surface area (Å²) in [6.07, 6.45) is 0.797. The minimum Gasteiger partial charge on any atom is -0.495 e. The van der Waals surface area contributed by atoms with Gasteiger partial charge in [0.05, 0.1) is 24.1 Å². The summed E-state index contributed by atoms with van der Waals surface area (Å²) in [7, 11) is 1.53. The van der Waals surface area contributed by atoms with E-state index in [2.05, 4.69) is 15.5 Å². The number of nitrogens with one attached hydrogen (secondary N) is 1. The van der Waals surface area contributed by atoms with E-state index < -0.39 is 0 Å². The number of aryl methyl sites for hydroxylation is 1. The summed E-state index contributed by atoms with van der Waals surface area (Å²) >= 11 is 8.65. The van der Waals surface area contributed by atoms with E-state index >= 15 is 0 Å². The van der Waals surface area contributed by atoms with Crippen molar-refractivity contribution in [2.45, 2.75) is 25.0 Å². The smallest absolute Gasteiger partial charge is 0.272 e. The van der Waals surface area contributed by atoms with E-state index in [4.69, 9.17) is 16.3 Å². The standard InChI is InChI=1S/C19H18ClN5O3S2/c1-3-7-24-17(27)16-13(6-8-29-16)25-18(24)22-23-19(25)30-10-15(26)21-12-9-11(20)4-5-14(12)28-2/h4-6,8-9H,3,7,10H2,1-2H3,(H,21,26). The Balaban J connectivity index is 1.61. The molecule has 11 heteroatoms. The molecule has 0 fully saturated rings. The molecular formula is C19H18ClN5O3S2. The van der Waals surface area contributed by atoms with Crippen molar-refractivity contribution in [2.24, 2.45) is 0 Å². The van der Waals surface area contributed by atoms with E-state index in [0.717, 1.165) is 11.9 Å². The predicted molar refractivity (Wildman–Crippen MR) is 120 cm³/mol. The lowest BCUT2D eigenvalue weighted by atomic mass is 10.3. The van der Waals surface area contributed by atoms with Crippen molar-refractivity contribution in [1.29, 1.82) is 0 Å². The zero-order valence-electron chi connectivity index (χ0n) is 16.2. The van der Waals surface area contributed by atoms with Crippen molar-refractivity contribution >= 4 is 62.3 Å². The number of thiophene rings is 1. The first-order valence-electron chi connectivity index (χ1n) is 9.14. The average molecular weight is 464 g/mol. The van der Waals surface area contributed by atoms with Crippen molar-refractivity contribution in [3.63, 3.8) is 0 Å². The fraction of sp³-hybridized carbons (Fsp3) is 0.263. The highest BCUT2D eigenvalue weighted by Crippen LogP contribution is 2.28. The van der Waals surface area contributed by atoms with Crippen molar-refractivity contribution in [3.05, 3.63) is 45.0 Å². The van der Waals surface area contributed by atoms with E-state index in [1.54, 1.807) is 22.8 Å². The van der Waals surface area contributed by atoms with Gasteiger partial charge < -0.3 is 10.1 Å². The van der Waals surface area contributed by atoms with Gasteiger partial charge in [-0.3, -0.25) is 18.6 Å². The molecule has 4 rings (SSSR count). The number of aromatic nitrogens is 4. The summed E-state index contributed by atoms with van der Waals surface area (Å²) in [5.41, 5.74) is 1.18. The summed E-state index contributed by atoms with van der Waals surface area (Å²) in [6.45, 7) is 2.55. The van der Waals surface area contributed by atoms with Crippen LogP contribution in [0.3, 0.4) is 0 Å². The molecule has 30 heavy (non-hydrogen) atoms. The van der Waals surface area contributed by atoms with Gasteiger partial charge in [-0.1, -0.05) is 30.3 Å². The number of nitrogens with zero attached hydrogens (tertiary/aromatic N) is 4. The second-order valence-corrected chi connectivity index (χ2v) is 8.69. The molecule has 0 unspecified atom stereocenters. The predicted octanol–water partition coefficient (Wildman–Crippen LogP) is 3.91. The summed E-state index contributed by atoms with van der Waals surface area (Å²) in [5.74, 6) is 0.872. The number of methoxy groups -OCH3 is 1. The van der Waals surface area contributed by atoms with Gasteiger partial charge in [0.2, 0.25) is 11.7 Å². The van der Waals surface area contributed by atoms with Crippen LogP contribution >= 0.6 is 34.7 Å². The highest BCUT2D eigenvalue weighted by Gasteiger charge is 2.18. The maximum absolute atomic E-state index is 12.8. The zero-order chi connectivity index (χ0) is 21.3. The van der Waals surface area contributed by atoms with Gasteiger partial charge >= 0.3 is 0 Å². The third kappa shape index (κ3) is 3.78. The van der Waals surface area contributed by atoms with Gasteiger partial charge in [-0.05, 0) is 36.1 Å². The molecule has 1 N–H and O–H groups in total. The first-order chi connectivity index (χ1) is 14.5. The highest BCUT2D eigenvalue weighted by atomic mass is 35.5. The molecule has 0 aliphatic rings. The number of fused-ring (bicyclic) bond motifs is 3. The van der Waals surface area contributed by atoms with Gasteiger partial charge in [0.1, 0.15) is 10.4 Å². The third-order valence-electron chi connectivity index (χ3n) is 4.40. The van der Waals surface area contributed by atoms with Crippen LogP contribution in [-0.2, 0) is 11.3 Å². The lowest BCUT2D eigenvalue weighted by molar-refractivity contribution is -0.113. The van der Waals surface area contributed by atoms with Crippen molar-refractivity contribution in [2.75, 3.05) is 18.2 Å². The van der Waals surface area contributed by atoms with Gasteiger partial charge in [0.25, 0.3) is 5.56 Å². The summed E-state index contributed by atoms with van der Waals surface area (Å²) in [6, 6.07) is 6.88. The van der Waals surface area contributed by atoms with E-state index in [-0.39, 0.29) is 17.2 Å². The van der Waals surface area contributed by atoms with Crippen LogP contribution in [0.15, 0.2) is 39.6 Å². The minimum absolute atomic E-state index is 0.0657. The first kappa shape index (κ1) is 20.7. The van der Waals surface area contributed by atoms with Crippen LogP contribution in [-0.4, -0.2) is 37.9 Å². The van der Waals surface area contributed by atoms with Crippen molar-refractivity contribution < 1.29 is 9.53 Å². The number of ether oxygens (including phenoxy) is 1. The summed E-state index contributed by atoms with van der Waals surface area (Å²) in [5, 5.41) is 14.2. The molecule has 3 heterocycles. The Kier molecular flexibility index (Phi) is 5.98. The lowest BCUT2D eigenvalue weighted by Crippen LogP contribution is -2.22. The van der Waals surface area contributed by atoms with Gasteiger partial charge in [-0.15, -0.1) is 21.5 Å². The number of carbonyl (C=O) groups excluding carboxylic acids is 1. The van der Waals surface area contributed by atoms with Crippen LogP contribution < -0.4 is 15.6 Å². The molecule has 3 aromatic heterocycles. The number of carbonyl (C=O) groups is 1. The summed E-state index contributed by atoms with van der Waals surface area (Å²) in [4.78, 5) is 25.3. The maximum Gasteiger partial charge on any atom is 0.272 e. The number of thioether (sulfide) groups is 1. The van der Waals surface area contributed by atoms with Crippen molar-refractivity contribution in [1.82, 2.24) is 19.2 Å². The number of halogens is 1. The molecular weight excluding hydrogens is 446 g/mol. The molecule has 4 aromatic rings. The third-order valence-corrected chi connectivity index (χ3v) is 6.45. The first-order valence-corrected chi connectivity index (χ1v) is 11.4. The number of hydrogen-bond acceptors (Lipinski definition) is 7. The van der Waals surface area contributed by atoms with Crippen molar-refractivity contribution in [3.8, 4) is 5.75 Å². The van der Waals surface area contributed by atoms with E-state index in [1.165, 1.54) is 30.2 Å². The van der Waals surface area contributed by atoms with Crippen LogP contribution in [0, 0.1) is 0 Å². The fourth-order valence-corrected chi connectivity index (χ4v) is 4.85. The Morgan fingerprint density at radius 1 is 1.33 bits per heavy atom. The van der Waals surface area contributed by atoms with Crippen LogP contribution in [0.25, 0.3) is 16.0 Å². The quantitative estimate of drug-likeness (QED) is 0.418. The van der Waals surface area contributed by atoms with Gasteiger partial charge in [-0.2, -0.15) is 0 Å². The molecule has 0 bridgehead atoms. The molecule has 0 saturated carbocycles. The molecule has 0 spiro atoms. The topological polar surface area (TPSA) is 90.5 Å². The molecule has 0 aliphatic heterocycles. The van der Waals surface area contributed by atoms with Gasteiger partial charge in [0, 0.05) is 11.6 Å². The van der Waals surface area contributed by atoms with E-state index in [1.807, 2.05) is 22.8 Å². The summed E-state index contributed by atoms with van der Waals surface area (Å²) < 4.78 is 9.37. The Labute approximate surface area is 184 Å². The minimum atomic E-state index is -0.235. The normalized spacial score (nSPS) is 11.3. The number of hydrogen-bond donors (Lipinski definition) is 1. The number of rotatable bonds is 7. The Bertz CT molecular complexity index is 1300. The Morgan fingerprint density at radius 3 is 2.93 bits per heavy atom. The largest absolute Gasteiger partial charge is 0.495 e. The molecule has 0 radical (unpaired) electrons. The SMILES string of the molecule is CCCn1c(=O)c2sccc2n2c(SCC(=O)Nc3cc(Cl)ccc3OC)nnc12. The lowest BCUT2D eigenvalue weighted by Gasteiger charge is -2.10. The Hall–Kier alpha value is -2.56. The molecule has 0 aliphatic carbocycles. The molecule has 0 atom stereocenters. The number of benzene rings is 1. The maximum atomic E-state index is 12.8. The van der Waals surface area contributed by atoms with Crippen LogP contribution in [0.5, 0.6) is 5.75 Å². The number of anilines is 1. The van der Waals surface area contributed by atoms with Gasteiger partial charge in [0.15, 0.2) is 5.16 Å². The highest BCUT2D eigenvalue weighted by molar-refractivity contribution is 7.99. The number of amides is 1. The molecule has 156 valence electrons. The molecule has 0 saturated heterocycles. The van der Waals surface area contributed by atoms with Crippen LogP contribution in [0.4, 0.5) is 5.69 Å².